The highest BCUT2D eigenvalue weighted by atomic mass is 28.3. The zero-order valence-corrected chi connectivity index (χ0v) is 33.6. The molecule has 0 unspecified atom stereocenters. The number of carbonyl (C=O) groups is 3. The largest absolute Gasteiger partial charge is 0.497 e. The maximum atomic E-state index is 15.1. The molecule has 11 heteroatoms. The zero-order valence-electron chi connectivity index (χ0n) is 32.6. The number of amides is 3. The minimum absolute atomic E-state index is 0.0231. The van der Waals surface area contributed by atoms with Gasteiger partial charge in [0.2, 0.25) is 11.8 Å². The van der Waals surface area contributed by atoms with Gasteiger partial charge in [-0.05, 0) is 47.0 Å². The Bertz CT molecular complexity index is 2130. The van der Waals surface area contributed by atoms with E-state index in [0.29, 0.717) is 36.3 Å². The van der Waals surface area contributed by atoms with Crippen LogP contribution in [0.3, 0.4) is 0 Å². The number of carbonyl (C=O) groups excluding carboxylic acids is 3. The van der Waals surface area contributed by atoms with Crippen molar-refractivity contribution in [3.63, 3.8) is 0 Å². The van der Waals surface area contributed by atoms with E-state index in [1.807, 2.05) is 91.0 Å². The fourth-order valence-corrected chi connectivity index (χ4v) is 13.1. The highest BCUT2D eigenvalue weighted by Gasteiger charge is 2.66. The van der Waals surface area contributed by atoms with Crippen molar-refractivity contribution in [3.05, 3.63) is 132 Å². The lowest BCUT2D eigenvalue weighted by Gasteiger charge is -2.37. The Kier molecular flexibility index (Phi) is 11.1. The van der Waals surface area contributed by atoms with E-state index in [9.17, 15) is 14.7 Å². The summed E-state index contributed by atoms with van der Waals surface area (Å²) in [6.07, 6.45) is 1.91. The Balaban J connectivity index is 1.33. The third-order valence-corrected chi connectivity index (χ3v) is 16.2. The lowest BCUT2D eigenvalue weighted by atomic mass is 9.82. The minimum Gasteiger partial charge on any atom is -0.497 e. The summed E-state index contributed by atoms with van der Waals surface area (Å²) in [6.45, 7) is 11.2. The van der Waals surface area contributed by atoms with Crippen LogP contribution in [-0.4, -0.2) is 74.4 Å². The molecule has 4 aromatic rings. The van der Waals surface area contributed by atoms with Crippen molar-refractivity contribution in [2.45, 2.75) is 63.1 Å². The number of benzene rings is 4. The Hall–Kier alpha value is -5.36. The van der Waals surface area contributed by atoms with Crippen LogP contribution in [0.15, 0.2) is 121 Å². The van der Waals surface area contributed by atoms with Crippen molar-refractivity contribution >= 4 is 48.1 Å². The summed E-state index contributed by atoms with van der Waals surface area (Å²) < 4.78 is 12.7. The first-order valence-electron chi connectivity index (χ1n) is 19.3. The van der Waals surface area contributed by atoms with Gasteiger partial charge >= 0.3 is 0 Å². The number of hydrazone groups is 1. The van der Waals surface area contributed by atoms with Gasteiger partial charge in [-0.2, -0.15) is 5.10 Å². The molecule has 4 atom stereocenters. The minimum atomic E-state index is -2.57. The number of anilines is 2. The second-order valence-corrected chi connectivity index (χ2v) is 20.1. The van der Waals surface area contributed by atoms with E-state index < -0.39 is 19.8 Å². The number of hydrogen-bond donors (Lipinski definition) is 1. The van der Waals surface area contributed by atoms with Crippen molar-refractivity contribution in [1.82, 2.24) is 4.90 Å². The Morgan fingerprint density at radius 3 is 2.38 bits per heavy atom. The molecule has 1 saturated heterocycles. The van der Waals surface area contributed by atoms with Crippen molar-refractivity contribution < 1.29 is 29.0 Å². The summed E-state index contributed by atoms with van der Waals surface area (Å²) in [5.41, 5.74) is 2.94. The van der Waals surface area contributed by atoms with Gasteiger partial charge in [0.25, 0.3) is 5.91 Å². The van der Waals surface area contributed by atoms with E-state index >= 15 is 4.79 Å². The Morgan fingerprint density at radius 2 is 1.71 bits per heavy atom. The maximum absolute atomic E-state index is 15.1. The second kappa shape index (κ2) is 16.0. The van der Waals surface area contributed by atoms with Crippen LogP contribution >= 0.6 is 0 Å². The van der Waals surface area contributed by atoms with Crippen LogP contribution in [0, 0.1) is 5.92 Å². The summed E-state index contributed by atoms with van der Waals surface area (Å²) in [5.74, 6) is -0.141. The molecule has 0 aliphatic carbocycles. The van der Waals surface area contributed by atoms with Crippen molar-refractivity contribution in [2.75, 3.05) is 36.7 Å². The predicted molar refractivity (Wildman–Crippen MR) is 222 cm³/mol. The Morgan fingerprint density at radius 1 is 1.02 bits per heavy atom. The molecule has 0 aromatic heterocycles. The monoisotopic (exact) mass is 770 g/mol. The fraction of sp³-hybridized carbons (Fsp3) is 0.333. The average molecular weight is 771 g/mol. The highest BCUT2D eigenvalue weighted by Crippen LogP contribution is 2.60. The van der Waals surface area contributed by atoms with Crippen LogP contribution in [0.1, 0.15) is 42.9 Å². The smallest absolute Gasteiger partial charge is 0.264 e. The van der Waals surface area contributed by atoms with Gasteiger partial charge in [-0.25, -0.2) is 5.01 Å². The number of fused-ring (bicyclic) bond motifs is 2. The van der Waals surface area contributed by atoms with Crippen LogP contribution in [0.25, 0.3) is 0 Å². The first-order chi connectivity index (χ1) is 27.0. The molecule has 56 heavy (non-hydrogen) atoms. The van der Waals surface area contributed by atoms with E-state index in [-0.39, 0.29) is 55.3 Å². The lowest BCUT2D eigenvalue weighted by Crippen LogP contribution is -2.52. The summed E-state index contributed by atoms with van der Waals surface area (Å²) in [5, 5.41) is 17.5. The van der Waals surface area contributed by atoms with Gasteiger partial charge in [-0.3, -0.25) is 14.4 Å². The molecule has 3 heterocycles. The van der Waals surface area contributed by atoms with E-state index in [0.717, 1.165) is 27.8 Å². The molecule has 0 radical (unpaired) electrons. The van der Waals surface area contributed by atoms with E-state index in [4.69, 9.17) is 14.6 Å². The predicted octanol–water partition coefficient (Wildman–Crippen LogP) is 6.39. The maximum Gasteiger partial charge on any atom is 0.264 e. The molecule has 3 aliphatic heterocycles. The zero-order chi connectivity index (χ0) is 39.6. The van der Waals surface area contributed by atoms with Gasteiger partial charge < -0.3 is 24.4 Å². The molecule has 1 spiro atoms. The van der Waals surface area contributed by atoms with Gasteiger partial charge in [0, 0.05) is 44.0 Å². The van der Waals surface area contributed by atoms with E-state index in [2.05, 4.69) is 38.7 Å². The first-order valence-corrected chi connectivity index (χ1v) is 22.4. The van der Waals surface area contributed by atoms with Gasteiger partial charge in [0.1, 0.15) is 5.75 Å². The third kappa shape index (κ3) is 6.99. The molecule has 290 valence electrons. The normalized spacial score (nSPS) is 21.9. The van der Waals surface area contributed by atoms with Gasteiger partial charge in [0.15, 0.2) is 5.60 Å². The van der Waals surface area contributed by atoms with E-state index in [1.165, 1.54) is 5.01 Å². The molecule has 3 aliphatic rings. The molecule has 7 rings (SSSR count). The molecular formula is C45H50N4O6Si. The summed E-state index contributed by atoms with van der Waals surface area (Å²) in [6, 6.07) is 33.2. The quantitative estimate of drug-likeness (QED) is 0.125. The van der Waals surface area contributed by atoms with Gasteiger partial charge in [-0.15, -0.1) is 6.58 Å². The van der Waals surface area contributed by atoms with Gasteiger partial charge in [0.05, 0.1) is 51.4 Å². The second-order valence-electron chi connectivity index (χ2n) is 15.4. The Labute approximate surface area is 330 Å². The van der Waals surface area contributed by atoms with E-state index in [1.54, 1.807) is 23.0 Å². The molecule has 4 aromatic carbocycles. The number of rotatable bonds is 13. The molecule has 3 amide bonds. The van der Waals surface area contributed by atoms with Crippen molar-refractivity contribution in [1.29, 1.82) is 0 Å². The molecular weight excluding hydrogens is 721 g/mol. The van der Waals surface area contributed by atoms with Gasteiger partial charge in [-0.1, -0.05) is 104 Å². The van der Waals surface area contributed by atoms with Crippen LogP contribution in [0.5, 0.6) is 5.75 Å². The summed E-state index contributed by atoms with van der Waals surface area (Å²) in [7, 11) is -0.929. The molecule has 0 saturated carbocycles. The fourth-order valence-electron chi connectivity index (χ4n) is 9.05. The highest BCUT2D eigenvalue weighted by molar-refractivity contribution is 6.91. The summed E-state index contributed by atoms with van der Waals surface area (Å²) in [4.78, 5) is 46.4. The number of methoxy groups -OCH3 is 1. The standard InChI is InChI=1S/C45H50N4O6Si/c1-6-25-48-39-23-17-34(49-41(51)24-22-38(46-49)33-15-11-8-12-16-33)28-37(39)45(44(48)53)31(2)43(56(4,5)36-20-18-35(54-3)19-21-36)40(55-45)29-42(52)47(26-27-50)30-32-13-9-7-10-14-32/h6-21,23,28,31,40,43,50H,1,22,24-27,29-30H2,2-5H3/t31-,40+,43-,45+/m0/s1. The number of aliphatic hydroxyl groups excluding tert-OH is 1. The summed E-state index contributed by atoms with van der Waals surface area (Å²) >= 11 is 0. The number of hydrogen-bond acceptors (Lipinski definition) is 7. The van der Waals surface area contributed by atoms with Crippen LogP contribution in [-0.2, 0) is 31.3 Å². The van der Waals surface area contributed by atoms with Crippen LogP contribution in [0.4, 0.5) is 11.4 Å². The van der Waals surface area contributed by atoms with Crippen LogP contribution in [0.2, 0.25) is 18.6 Å². The molecule has 1 N–H and O–H groups in total. The number of nitrogens with zero attached hydrogens (tertiary/aromatic N) is 4. The van der Waals surface area contributed by atoms with Crippen LogP contribution < -0.4 is 19.8 Å². The number of ether oxygens (including phenoxy) is 2. The van der Waals surface area contributed by atoms with Crippen molar-refractivity contribution in [3.8, 4) is 5.75 Å². The molecule has 1 fully saturated rings. The molecule has 10 nitrogen and oxygen atoms in total. The van der Waals surface area contributed by atoms with Crippen molar-refractivity contribution in [2.24, 2.45) is 11.0 Å². The molecule has 0 bridgehead atoms. The SMILES string of the molecule is C=CCN1C(=O)[C@]2(O[C@H](CC(=O)N(CCO)Cc3ccccc3)[C@@H]([Si](C)(C)c3ccc(OC)cc3)[C@@H]2C)c2cc(N3N=C(c4ccccc4)CCC3=O)ccc21. The number of aliphatic hydroxyl groups is 1. The lowest BCUT2D eigenvalue weighted by molar-refractivity contribution is -0.149. The topological polar surface area (TPSA) is 112 Å². The average Bonchev–Trinajstić information content (AvgIpc) is 3.64. The first kappa shape index (κ1) is 38.9. The third-order valence-electron chi connectivity index (χ3n) is 11.8.